The quantitative estimate of drug-likeness (QED) is 0.684. The van der Waals surface area contributed by atoms with E-state index in [0.717, 1.165) is 18.7 Å². The van der Waals surface area contributed by atoms with Gasteiger partial charge in [0, 0.05) is 18.2 Å². The van der Waals surface area contributed by atoms with E-state index in [2.05, 4.69) is 10.4 Å². The van der Waals surface area contributed by atoms with E-state index in [0.29, 0.717) is 12.2 Å². The molecule has 0 aliphatic carbocycles. The van der Waals surface area contributed by atoms with E-state index < -0.39 is 0 Å². The minimum atomic E-state index is -0.00514. The number of rotatable bonds is 4. The fourth-order valence-electron chi connectivity index (χ4n) is 1.27. The number of nitrogen functional groups attached to an aromatic ring is 1. The van der Waals surface area contributed by atoms with Crippen molar-refractivity contribution in [2.45, 2.75) is 19.8 Å². The van der Waals surface area contributed by atoms with Crippen LogP contribution in [0, 0.1) is 6.92 Å². The van der Waals surface area contributed by atoms with Gasteiger partial charge in [-0.3, -0.25) is 4.79 Å². The predicted octanol–water partition coefficient (Wildman–Crippen LogP) is 0.414. The second-order valence-corrected chi connectivity index (χ2v) is 3.22. The molecular formula is C9H16N4O. The summed E-state index contributed by atoms with van der Waals surface area (Å²) in [6, 6.07) is 1.69. The summed E-state index contributed by atoms with van der Waals surface area (Å²) in [6.45, 7) is 2.65. The zero-order valence-corrected chi connectivity index (χ0v) is 8.58. The molecule has 0 fully saturated rings. The molecule has 0 spiro atoms. The smallest absolute Gasteiger partial charge is 0.247 e. The normalized spacial score (nSPS) is 10.4. The molecule has 1 heterocycles. The topological polar surface area (TPSA) is 72.9 Å². The van der Waals surface area contributed by atoms with E-state index in [4.69, 9.17) is 5.73 Å². The highest BCUT2D eigenvalue weighted by molar-refractivity contribution is 5.79. The molecule has 3 N–H and O–H groups in total. The molecule has 0 aliphatic heterocycles. The van der Waals surface area contributed by atoms with Crippen LogP contribution in [-0.2, 0) is 0 Å². The summed E-state index contributed by atoms with van der Waals surface area (Å²) in [7, 11) is 1.86. The van der Waals surface area contributed by atoms with Crippen molar-refractivity contribution in [1.29, 1.82) is 0 Å². The summed E-state index contributed by atoms with van der Waals surface area (Å²) in [5.41, 5.74) is 6.26. The maximum absolute atomic E-state index is 11.6. The molecule has 1 aromatic rings. The van der Waals surface area contributed by atoms with Gasteiger partial charge in [0.2, 0.25) is 5.91 Å². The largest absolute Gasteiger partial charge is 0.382 e. The number of carbonyl (C=O) groups is 1. The Labute approximate surface area is 83.3 Å². The molecule has 0 bridgehead atoms. The molecule has 0 aliphatic rings. The van der Waals surface area contributed by atoms with E-state index in [1.165, 1.54) is 4.68 Å². The summed E-state index contributed by atoms with van der Waals surface area (Å²) in [5.74, 6) is 0.388. The molecule has 14 heavy (non-hydrogen) atoms. The van der Waals surface area contributed by atoms with Gasteiger partial charge in [-0.15, -0.1) is 5.10 Å². The van der Waals surface area contributed by atoms with Gasteiger partial charge < -0.3 is 11.1 Å². The van der Waals surface area contributed by atoms with E-state index in [-0.39, 0.29) is 5.91 Å². The Morgan fingerprint density at radius 1 is 1.71 bits per heavy atom. The number of hydrogen-bond donors (Lipinski definition) is 2. The Bertz CT molecular complexity index is 319. The first-order valence-corrected chi connectivity index (χ1v) is 4.65. The third kappa shape index (κ3) is 2.56. The SMILES string of the molecule is CNCCCC(=O)n1nc(N)cc1C. The number of carbonyl (C=O) groups excluding carboxylic acids is 1. The molecule has 0 saturated heterocycles. The molecule has 0 unspecified atom stereocenters. The monoisotopic (exact) mass is 196 g/mol. The lowest BCUT2D eigenvalue weighted by atomic mass is 10.3. The maximum Gasteiger partial charge on any atom is 0.247 e. The van der Waals surface area contributed by atoms with Crippen molar-refractivity contribution in [3.8, 4) is 0 Å². The number of nitrogens with one attached hydrogen (secondary N) is 1. The number of hydrogen-bond acceptors (Lipinski definition) is 4. The molecule has 1 aromatic heterocycles. The highest BCUT2D eigenvalue weighted by Gasteiger charge is 2.09. The fraction of sp³-hybridized carbons (Fsp3) is 0.556. The van der Waals surface area contributed by atoms with Crippen molar-refractivity contribution >= 4 is 11.7 Å². The Balaban J connectivity index is 2.56. The second kappa shape index (κ2) is 4.76. The number of nitrogens with two attached hydrogens (primary N) is 1. The lowest BCUT2D eigenvalue weighted by Gasteiger charge is -2.02. The minimum Gasteiger partial charge on any atom is -0.382 e. The van der Waals surface area contributed by atoms with Gasteiger partial charge in [0.05, 0.1) is 0 Å². The Hall–Kier alpha value is -1.36. The lowest BCUT2D eigenvalue weighted by Crippen LogP contribution is -2.16. The molecule has 5 nitrogen and oxygen atoms in total. The second-order valence-electron chi connectivity index (χ2n) is 3.22. The first-order chi connectivity index (χ1) is 6.65. The van der Waals surface area contributed by atoms with Crippen LogP contribution in [0.3, 0.4) is 0 Å². The van der Waals surface area contributed by atoms with Gasteiger partial charge in [-0.25, -0.2) is 4.68 Å². The van der Waals surface area contributed by atoms with Crippen molar-refractivity contribution in [2.75, 3.05) is 19.3 Å². The molecule has 0 radical (unpaired) electrons. The van der Waals surface area contributed by atoms with E-state index in [9.17, 15) is 4.79 Å². The van der Waals surface area contributed by atoms with Crippen molar-refractivity contribution < 1.29 is 4.79 Å². The number of aromatic nitrogens is 2. The van der Waals surface area contributed by atoms with Crippen molar-refractivity contribution in [3.63, 3.8) is 0 Å². The van der Waals surface area contributed by atoms with Crippen LogP contribution in [0.25, 0.3) is 0 Å². The van der Waals surface area contributed by atoms with Crippen LogP contribution >= 0.6 is 0 Å². The molecule has 0 saturated carbocycles. The van der Waals surface area contributed by atoms with E-state index in [1.807, 2.05) is 14.0 Å². The van der Waals surface area contributed by atoms with Crippen molar-refractivity contribution in [3.05, 3.63) is 11.8 Å². The number of anilines is 1. The highest BCUT2D eigenvalue weighted by Crippen LogP contribution is 2.05. The third-order valence-corrected chi connectivity index (χ3v) is 1.96. The first kappa shape index (κ1) is 10.7. The minimum absolute atomic E-state index is 0.00514. The maximum atomic E-state index is 11.6. The summed E-state index contributed by atoms with van der Waals surface area (Å²) in [5, 5.41) is 6.90. The van der Waals surface area contributed by atoms with Crippen LogP contribution in [0.5, 0.6) is 0 Å². The van der Waals surface area contributed by atoms with Crippen LogP contribution in [0.4, 0.5) is 5.82 Å². The van der Waals surface area contributed by atoms with Gasteiger partial charge in [-0.2, -0.15) is 0 Å². The summed E-state index contributed by atoms with van der Waals surface area (Å²) in [4.78, 5) is 11.6. The average Bonchev–Trinajstić information content (AvgIpc) is 2.45. The summed E-state index contributed by atoms with van der Waals surface area (Å²) in [6.07, 6.45) is 1.30. The molecule has 5 heteroatoms. The van der Waals surface area contributed by atoms with Crippen LogP contribution < -0.4 is 11.1 Å². The van der Waals surface area contributed by atoms with Gasteiger partial charge in [0.1, 0.15) is 5.82 Å². The van der Waals surface area contributed by atoms with Gasteiger partial charge in [-0.1, -0.05) is 0 Å². The lowest BCUT2D eigenvalue weighted by molar-refractivity contribution is 0.0882. The van der Waals surface area contributed by atoms with Gasteiger partial charge in [-0.05, 0) is 26.9 Å². The average molecular weight is 196 g/mol. The molecule has 78 valence electrons. The van der Waals surface area contributed by atoms with Gasteiger partial charge in [0.25, 0.3) is 0 Å². The zero-order valence-electron chi connectivity index (χ0n) is 8.58. The Kier molecular flexibility index (Phi) is 3.64. The molecule has 1 rings (SSSR count). The Morgan fingerprint density at radius 2 is 2.43 bits per heavy atom. The van der Waals surface area contributed by atoms with Crippen LogP contribution in [-0.4, -0.2) is 29.3 Å². The van der Waals surface area contributed by atoms with E-state index >= 15 is 0 Å². The molecule has 0 amide bonds. The van der Waals surface area contributed by atoms with Crippen molar-refractivity contribution in [2.24, 2.45) is 0 Å². The van der Waals surface area contributed by atoms with Crippen molar-refractivity contribution in [1.82, 2.24) is 15.1 Å². The Morgan fingerprint density at radius 3 is 2.93 bits per heavy atom. The standard InChI is InChI=1S/C9H16N4O/c1-7-6-8(10)12-13(7)9(14)4-3-5-11-2/h6,11H,3-5H2,1-2H3,(H2,10,12). The van der Waals surface area contributed by atoms with Crippen LogP contribution in [0.1, 0.15) is 23.3 Å². The number of aryl methyl sites for hydroxylation is 1. The fourth-order valence-corrected chi connectivity index (χ4v) is 1.27. The third-order valence-electron chi connectivity index (χ3n) is 1.96. The van der Waals surface area contributed by atoms with E-state index in [1.54, 1.807) is 6.07 Å². The van der Waals surface area contributed by atoms with Crippen LogP contribution in [0.2, 0.25) is 0 Å². The summed E-state index contributed by atoms with van der Waals surface area (Å²) < 4.78 is 1.37. The first-order valence-electron chi connectivity index (χ1n) is 4.65. The van der Waals surface area contributed by atoms with Gasteiger partial charge >= 0.3 is 0 Å². The molecule has 0 atom stereocenters. The van der Waals surface area contributed by atoms with Gasteiger partial charge in [0.15, 0.2) is 0 Å². The molecule has 0 aromatic carbocycles. The summed E-state index contributed by atoms with van der Waals surface area (Å²) >= 11 is 0. The van der Waals surface area contributed by atoms with Crippen LogP contribution in [0.15, 0.2) is 6.07 Å². The highest BCUT2D eigenvalue weighted by atomic mass is 16.2. The predicted molar refractivity (Wildman–Crippen MR) is 55.2 cm³/mol. The zero-order chi connectivity index (χ0) is 10.6. The molecular weight excluding hydrogens is 180 g/mol. The number of nitrogens with zero attached hydrogens (tertiary/aromatic N) is 2.